The Hall–Kier alpha value is -2.02. The van der Waals surface area contributed by atoms with Gasteiger partial charge in [0.05, 0.1) is 23.1 Å². The molecule has 0 aromatic heterocycles. The number of thioether (sulfide) groups is 1. The van der Waals surface area contributed by atoms with E-state index in [1.54, 1.807) is 0 Å². The van der Waals surface area contributed by atoms with Crippen molar-refractivity contribution >= 4 is 17.7 Å². The molecule has 0 saturated carbocycles. The van der Waals surface area contributed by atoms with Crippen molar-refractivity contribution in [3.05, 3.63) is 23.3 Å². The van der Waals surface area contributed by atoms with Crippen molar-refractivity contribution in [2.75, 3.05) is 7.11 Å². The van der Waals surface area contributed by atoms with Gasteiger partial charge in [-0.05, 0) is 17.8 Å². The number of benzene rings is 1. The molecule has 0 atom stereocenters. The predicted octanol–water partition coefficient (Wildman–Crippen LogP) is 3.56. The number of ether oxygens (including phenoxy) is 2. The van der Waals surface area contributed by atoms with Crippen molar-refractivity contribution in [1.29, 1.82) is 5.26 Å². The van der Waals surface area contributed by atoms with Gasteiger partial charge < -0.3 is 9.47 Å². The molecule has 0 radical (unpaired) electrons. The largest absolute Gasteiger partial charge is 0.465 e. The van der Waals surface area contributed by atoms with Crippen molar-refractivity contribution < 1.29 is 36.2 Å². The number of nitrogens with zero attached hydrogens (tertiary/aromatic N) is 1. The fraction of sp³-hybridized carbons (Fsp3) is 0.273. The molecule has 0 heterocycles. The Labute approximate surface area is 119 Å². The molecule has 0 aliphatic heterocycles. The molecule has 0 fully saturated rings. The Kier molecular flexibility index (Phi) is 5.37. The van der Waals surface area contributed by atoms with E-state index in [2.05, 4.69) is 9.47 Å². The number of esters is 1. The van der Waals surface area contributed by atoms with Crippen LogP contribution in [0.25, 0.3) is 0 Å². The summed E-state index contributed by atoms with van der Waals surface area (Å²) < 4.78 is 69.9. The quantitative estimate of drug-likeness (QED) is 0.481. The highest BCUT2D eigenvalue weighted by Gasteiger charge is 2.32. The van der Waals surface area contributed by atoms with Gasteiger partial charge in [0, 0.05) is 6.07 Å². The summed E-state index contributed by atoms with van der Waals surface area (Å²) in [5.74, 6) is -1.92. The van der Waals surface area contributed by atoms with Gasteiger partial charge in [-0.25, -0.2) is 4.79 Å². The molecule has 21 heavy (non-hydrogen) atoms. The highest BCUT2D eigenvalue weighted by molar-refractivity contribution is 8.00. The molecule has 0 spiro atoms. The maximum atomic E-state index is 12.4. The molecule has 0 aliphatic carbocycles. The van der Waals surface area contributed by atoms with Gasteiger partial charge >= 0.3 is 18.1 Å². The number of rotatable bonds is 4. The summed E-state index contributed by atoms with van der Waals surface area (Å²) in [6, 6.07) is 2.75. The lowest BCUT2D eigenvalue weighted by Crippen LogP contribution is -2.09. The first-order chi connectivity index (χ1) is 9.67. The molecule has 0 amide bonds. The first kappa shape index (κ1) is 17.0. The van der Waals surface area contributed by atoms with Crippen LogP contribution in [-0.4, -0.2) is 25.2 Å². The van der Waals surface area contributed by atoms with Crippen LogP contribution >= 0.6 is 11.8 Å². The van der Waals surface area contributed by atoms with E-state index in [1.165, 1.54) is 6.07 Å². The van der Waals surface area contributed by atoms with Crippen LogP contribution in [0.5, 0.6) is 5.75 Å². The van der Waals surface area contributed by atoms with Crippen LogP contribution in [0.4, 0.5) is 22.0 Å². The Bertz CT molecular complexity index is 582. The third kappa shape index (κ3) is 4.78. The minimum Gasteiger partial charge on any atom is -0.465 e. The zero-order valence-electron chi connectivity index (χ0n) is 10.2. The molecule has 0 aliphatic rings. The van der Waals surface area contributed by atoms with E-state index in [-0.39, 0.29) is 0 Å². The highest BCUT2D eigenvalue weighted by atomic mass is 32.2. The maximum absolute atomic E-state index is 12.4. The van der Waals surface area contributed by atoms with E-state index < -0.39 is 51.6 Å². The number of methoxy groups -OCH3 is 1. The molecule has 4 nitrogen and oxygen atoms in total. The zero-order valence-corrected chi connectivity index (χ0v) is 11.0. The van der Waals surface area contributed by atoms with Gasteiger partial charge in [0.1, 0.15) is 11.8 Å². The molecule has 0 N–H and O–H groups in total. The smallest absolute Gasteiger partial charge is 0.446 e. The van der Waals surface area contributed by atoms with Crippen LogP contribution in [0.2, 0.25) is 0 Å². The van der Waals surface area contributed by atoms with Crippen LogP contribution in [0, 0.1) is 11.3 Å². The number of nitriles is 1. The molecule has 0 saturated heterocycles. The van der Waals surface area contributed by atoms with Gasteiger partial charge in [0.15, 0.2) is 0 Å². The first-order valence-corrected chi connectivity index (χ1v) is 5.86. The molecule has 1 aromatic rings. The Morgan fingerprint density at radius 1 is 1.38 bits per heavy atom. The SMILES string of the molecule is COC(=O)c1cc(SC(F)(F)F)c(OC(F)F)cc1C#N. The second-order valence-electron chi connectivity index (χ2n) is 3.37. The van der Waals surface area contributed by atoms with E-state index in [4.69, 9.17) is 5.26 Å². The average molecular weight is 327 g/mol. The number of hydrogen-bond acceptors (Lipinski definition) is 5. The summed E-state index contributed by atoms with van der Waals surface area (Å²) in [7, 11) is 0.962. The van der Waals surface area contributed by atoms with Gasteiger partial charge in [-0.3, -0.25) is 0 Å². The van der Waals surface area contributed by atoms with Gasteiger partial charge in [-0.15, -0.1) is 0 Å². The predicted molar refractivity (Wildman–Crippen MR) is 61.0 cm³/mol. The monoisotopic (exact) mass is 327 g/mol. The molecule has 114 valence electrons. The topological polar surface area (TPSA) is 59.3 Å². The summed E-state index contributed by atoms with van der Waals surface area (Å²) in [4.78, 5) is 10.6. The van der Waals surface area contributed by atoms with Crippen molar-refractivity contribution in [1.82, 2.24) is 0 Å². The molecule has 10 heteroatoms. The van der Waals surface area contributed by atoms with E-state index in [1.807, 2.05) is 0 Å². The van der Waals surface area contributed by atoms with E-state index in [9.17, 15) is 26.7 Å². The minimum absolute atomic E-state index is 0.441. The number of carbonyl (C=O) groups is 1. The van der Waals surface area contributed by atoms with Crippen molar-refractivity contribution in [3.63, 3.8) is 0 Å². The fourth-order valence-electron chi connectivity index (χ4n) is 1.32. The highest BCUT2D eigenvalue weighted by Crippen LogP contribution is 2.43. The lowest BCUT2D eigenvalue weighted by atomic mass is 10.1. The van der Waals surface area contributed by atoms with Crippen molar-refractivity contribution in [3.8, 4) is 11.8 Å². The van der Waals surface area contributed by atoms with Gasteiger partial charge in [-0.1, -0.05) is 0 Å². The molecular formula is C11H6F5NO3S. The van der Waals surface area contributed by atoms with Crippen molar-refractivity contribution in [2.45, 2.75) is 17.0 Å². The van der Waals surface area contributed by atoms with Crippen LogP contribution in [0.3, 0.4) is 0 Å². The Balaban J connectivity index is 3.42. The number of carbonyl (C=O) groups excluding carboxylic acids is 1. The second kappa shape index (κ2) is 6.62. The summed E-state index contributed by atoms with van der Waals surface area (Å²) in [5.41, 5.74) is -5.71. The van der Waals surface area contributed by atoms with E-state index in [0.29, 0.717) is 12.1 Å². The summed E-state index contributed by atoms with van der Waals surface area (Å²) in [6.07, 6.45) is 0. The second-order valence-corrected chi connectivity index (χ2v) is 4.48. The molecule has 0 bridgehead atoms. The minimum atomic E-state index is -4.79. The van der Waals surface area contributed by atoms with E-state index in [0.717, 1.165) is 7.11 Å². The third-order valence-electron chi connectivity index (χ3n) is 2.05. The van der Waals surface area contributed by atoms with Crippen LogP contribution in [0.15, 0.2) is 17.0 Å². The normalized spacial score (nSPS) is 11.1. The standard InChI is InChI=1S/C11H6F5NO3S/c1-19-9(18)6-3-8(21-11(14,15)16)7(20-10(12)13)2-5(6)4-17/h2-3,10H,1H3. The molecule has 1 aromatic carbocycles. The lowest BCUT2D eigenvalue weighted by molar-refractivity contribution is -0.0527. The van der Waals surface area contributed by atoms with Crippen molar-refractivity contribution in [2.24, 2.45) is 0 Å². The zero-order chi connectivity index (χ0) is 16.2. The maximum Gasteiger partial charge on any atom is 0.446 e. The van der Waals surface area contributed by atoms with Gasteiger partial charge in [-0.2, -0.15) is 27.2 Å². The molecule has 0 unspecified atom stereocenters. The number of hydrogen-bond donors (Lipinski definition) is 0. The summed E-state index contributed by atoms with van der Waals surface area (Å²) in [6.45, 7) is -3.38. The summed E-state index contributed by atoms with van der Waals surface area (Å²) in [5, 5.41) is 8.82. The van der Waals surface area contributed by atoms with E-state index >= 15 is 0 Å². The van der Waals surface area contributed by atoms with Crippen LogP contribution < -0.4 is 4.74 Å². The molecule has 1 rings (SSSR count). The van der Waals surface area contributed by atoms with Crippen LogP contribution in [0.1, 0.15) is 15.9 Å². The third-order valence-corrected chi connectivity index (χ3v) is 2.82. The number of halogens is 5. The summed E-state index contributed by atoms with van der Waals surface area (Å²) >= 11 is -0.745. The van der Waals surface area contributed by atoms with Crippen LogP contribution in [-0.2, 0) is 4.74 Å². The Morgan fingerprint density at radius 3 is 2.43 bits per heavy atom. The van der Waals surface area contributed by atoms with Gasteiger partial charge in [0.2, 0.25) is 0 Å². The average Bonchev–Trinajstić information content (AvgIpc) is 2.37. The fourth-order valence-corrected chi connectivity index (χ4v) is 1.96. The number of alkyl halides is 5. The molecular weight excluding hydrogens is 321 g/mol. The Morgan fingerprint density at radius 2 is 2.00 bits per heavy atom. The first-order valence-electron chi connectivity index (χ1n) is 5.05. The van der Waals surface area contributed by atoms with Gasteiger partial charge in [0.25, 0.3) is 0 Å². The lowest BCUT2D eigenvalue weighted by Gasteiger charge is -2.14.